The predicted molar refractivity (Wildman–Crippen MR) is 154 cm³/mol. The molecule has 0 saturated carbocycles. The van der Waals surface area contributed by atoms with Crippen molar-refractivity contribution in [3.8, 4) is 33.0 Å². The lowest BCUT2D eigenvalue weighted by atomic mass is 9.94. The van der Waals surface area contributed by atoms with Gasteiger partial charge in [0.05, 0.1) is 23.3 Å². The molecule has 6 aromatic heterocycles. The molecule has 0 spiro atoms. The zero-order valence-electron chi connectivity index (χ0n) is 21.4. The average Bonchev–Trinajstić information content (AvgIpc) is 3.71. The quantitative estimate of drug-likeness (QED) is 0.208. The van der Waals surface area contributed by atoms with E-state index in [0.717, 1.165) is 81.0 Å². The number of nitrogens with zero attached hydrogens (tertiary/aromatic N) is 4. The molecule has 0 radical (unpaired) electrons. The van der Waals surface area contributed by atoms with Gasteiger partial charge in [0, 0.05) is 57.4 Å². The van der Waals surface area contributed by atoms with Crippen molar-refractivity contribution in [1.82, 2.24) is 35.5 Å². The van der Waals surface area contributed by atoms with Gasteiger partial charge in [-0.2, -0.15) is 9.49 Å². The van der Waals surface area contributed by atoms with Gasteiger partial charge in [0.1, 0.15) is 5.65 Å². The number of H-pyrrole nitrogens is 2. The van der Waals surface area contributed by atoms with Crippen molar-refractivity contribution in [2.24, 2.45) is 5.92 Å². The number of amides is 1. The first-order valence-corrected chi connectivity index (χ1v) is 14.0. The zero-order chi connectivity index (χ0) is 27.1. The van der Waals surface area contributed by atoms with Crippen molar-refractivity contribution in [3.63, 3.8) is 0 Å². The Labute approximate surface area is 232 Å². The van der Waals surface area contributed by atoms with E-state index in [-0.39, 0.29) is 11.0 Å². The Morgan fingerprint density at radius 2 is 1.90 bits per heavy atom. The summed E-state index contributed by atoms with van der Waals surface area (Å²) in [6, 6.07) is 11.1. The molecule has 7 rings (SSSR count). The maximum absolute atomic E-state index is 13.7. The molecule has 1 saturated heterocycles. The van der Waals surface area contributed by atoms with Crippen LogP contribution >= 0.6 is 11.3 Å². The SMILES string of the molecule is O=C(CC1CCNCC1)Nc1cncc(-c2cnc3n[nH]c(-c4cc5c(-c6ccc(F)s6)ccnc5[nH]4)c3c2)c1. The van der Waals surface area contributed by atoms with E-state index in [1.807, 2.05) is 24.3 Å². The molecule has 40 heavy (non-hydrogen) atoms. The second-order valence-electron chi connectivity index (χ2n) is 10.0. The topological polar surface area (TPSA) is 124 Å². The van der Waals surface area contributed by atoms with Crippen molar-refractivity contribution < 1.29 is 9.18 Å². The second kappa shape index (κ2) is 10.2. The van der Waals surface area contributed by atoms with Crippen molar-refractivity contribution >= 4 is 45.0 Å². The molecule has 1 aliphatic rings. The number of hydrogen-bond acceptors (Lipinski definition) is 7. The van der Waals surface area contributed by atoms with Gasteiger partial charge >= 0.3 is 0 Å². The minimum absolute atomic E-state index is 0.00799. The summed E-state index contributed by atoms with van der Waals surface area (Å²) in [5, 5.41) is 15.3. The van der Waals surface area contributed by atoms with Crippen LogP contribution in [0.25, 0.3) is 55.0 Å². The standard InChI is InChI=1S/C29H25FN8OS/c30-25-2-1-24(40-25)20-5-8-33-28-21(20)12-23(36-28)27-22-11-18(14-34-29(22)38-37-27)17-10-19(15-32-13-17)35-26(39)9-16-3-6-31-7-4-16/h1-2,5,8,10-16,31H,3-4,6-7,9H2,(H,33,36)(H,35,39)(H,34,37,38). The van der Waals surface area contributed by atoms with E-state index in [1.165, 1.54) is 6.07 Å². The number of hydrogen-bond donors (Lipinski definition) is 4. The summed E-state index contributed by atoms with van der Waals surface area (Å²) in [5.74, 6) is 0.416. The van der Waals surface area contributed by atoms with Crippen LogP contribution in [-0.2, 0) is 4.79 Å². The third kappa shape index (κ3) is 4.74. The van der Waals surface area contributed by atoms with Gasteiger partial charge in [0.2, 0.25) is 5.91 Å². The van der Waals surface area contributed by atoms with Crippen molar-refractivity contribution in [2.45, 2.75) is 19.3 Å². The minimum Gasteiger partial charge on any atom is -0.338 e. The highest BCUT2D eigenvalue weighted by molar-refractivity contribution is 7.14. The number of piperidine rings is 1. The Hall–Kier alpha value is -4.48. The Morgan fingerprint density at radius 3 is 2.75 bits per heavy atom. The van der Waals surface area contributed by atoms with Crippen molar-refractivity contribution in [2.75, 3.05) is 18.4 Å². The van der Waals surface area contributed by atoms with Gasteiger partial charge in [-0.25, -0.2) is 9.97 Å². The number of pyridine rings is 3. The summed E-state index contributed by atoms with van der Waals surface area (Å²) in [6.07, 6.45) is 9.43. The first-order chi connectivity index (χ1) is 19.6. The second-order valence-corrected chi connectivity index (χ2v) is 11.0. The Kier molecular flexibility index (Phi) is 6.29. The number of halogens is 1. The van der Waals surface area contributed by atoms with Gasteiger partial charge in [-0.15, -0.1) is 11.3 Å². The highest BCUT2D eigenvalue weighted by atomic mass is 32.1. The van der Waals surface area contributed by atoms with E-state index in [1.54, 1.807) is 30.9 Å². The van der Waals surface area contributed by atoms with Crippen LogP contribution in [0.5, 0.6) is 0 Å². The molecule has 0 atom stereocenters. The predicted octanol–water partition coefficient (Wildman–Crippen LogP) is 5.76. The first kappa shape index (κ1) is 24.6. The third-order valence-electron chi connectivity index (χ3n) is 7.34. The molecule has 200 valence electrons. The van der Waals surface area contributed by atoms with Gasteiger partial charge in [-0.1, -0.05) is 0 Å². The van der Waals surface area contributed by atoms with E-state index in [0.29, 0.717) is 29.3 Å². The zero-order valence-corrected chi connectivity index (χ0v) is 22.2. The number of rotatable bonds is 6. The molecule has 7 heterocycles. The lowest BCUT2D eigenvalue weighted by molar-refractivity contribution is -0.117. The first-order valence-electron chi connectivity index (χ1n) is 13.1. The number of aromatic amines is 2. The minimum atomic E-state index is -0.228. The summed E-state index contributed by atoms with van der Waals surface area (Å²) in [6.45, 7) is 1.93. The fourth-order valence-corrected chi connectivity index (χ4v) is 6.09. The molecule has 1 aliphatic heterocycles. The number of carbonyl (C=O) groups excluding carboxylic acids is 1. The molecule has 1 fully saturated rings. The molecule has 0 aromatic carbocycles. The van der Waals surface area contributed by atoms with Gasteiger partial charge in [0.25, 0.3) is 0 Å². The van der Waals surface area contributed by atoms with Gasteiger partial charge in [-0.3, -0.25) is 14.9 Å². The lowest BCUT2D eigenvalue weighted by Crippen LogP contribution is -2.30. The number of aromatic nitrogens is 6. The molecule has 6 aromatic rings. The van der Waals surface area contributed by atoms with E-state index >= 15 is 0 Å². The molecular weight excluding hydrogens is 527 g/mol. The smallest absolute Gasteiger partial charge is 0.224 e. The van der Waals surface area contributed by atoms with E-state index in [4.69, 9.17) is 0 Å². The van der Waals surface area contributed by atoms with Crippen LogP contribution in [0.4, 0.5) is 10.1 Å². The summed E-state index contributed by atoms with van der Waals surface area (Å²) in [4.78, 5) is 30.3. The average molecular weight is 553 g/mol. The van der Waals surface area contributed by atoms with Crippen LogP contribution in [0.2, 0.25) is 0 Å². The van der Waals surface area contributed by atoms with Crippen LogP contribution in [0, 0.1) is 11.0 Å². The summed E-state index contributed by atoms with van der Waals surface area (Å²) < 4.78 is 13.7. The molecule has 1 amide bonds. The van der Waals surface area contributed by atoms with Crippen LogP contribution < -0.4 is 10.6 Å². The van der Waals surface area contributed by atoms with E-state index < -0.39 is 0 Å². The maximum atomic E-state index is 13.7. The third-order valence-corrected chi connectivity index (χ3v) is 8.24. The van der Waals surface area contributed by atoms with Gasteiger partial charge in [0.15, 0.2) is 10.8 Å². The van der Waals surface area contributed by atoms with Crippen molar-refractivity contribution in [1.29, 1.82) is 0 Å². The fraction of sp³-hybridized carbons (Fsp3) is 0.207. The van der Waals surface area contributed by atoms with Crippen LogP contribution in [0.3, 0.4) is 0 Å². The Morgan fingerprint density at radius 1 is 1.02 bits per heavy atom. The molecule has 4 N–H and O–H groups in total. The summed E-state index contributed by atoms with van der Waals surface area (Å²) in [5.41, 5.74) is 6.09. The highest BCUT2D eigenvalue weighted by Crippen LogP contribution is 2.36. The van der Waals surface area contributed by atoms with Crippen LogP contribution in [0.1, 0.15) is 19.3 Å². The van der Waals surface area contributed by atoms with E-state index in [9.17, 15) is 9.18 Å². The van der Waals surface area contributed by atoms with Gasteiger partial charge < -0.3 is 15.6 Å². The van der Waals surface area contributed by atoms with Crippen LogP contribution in [0.15, 0.2) is 61.2 Å². The largest absolute Gasteiger partial charge is 0.338 e. The maximum Gasteiger partial charge on any atom is 0.224 e. The van der Waals surface area contributed by atoms with E-state index in [2.05, 4.69) is 40.8 Å². The molecule has 0 unspecified atom stereocenters. The number of fused-ring (bicyclic) bond motifs is 2. The number of nitrogens with one attached hydrogen (secondary N) is 4. The fourth-order valence-electron chi connectivity index (χ4n) is 5.32. The molecular formula is C29H25FN8OS. The number of thiophene rings is 1. The summed E-state index contributed by atoms with van der Waals surface area (Å²) in [7, 11) is 0. The van der Waals surface area contributed by atoms with Crippen LogP contribution in [-0.4, -0.2) is 49.1 Å². The molecule has 9 nitrogen and oxygen atoms in total. The molecule has 0 bridgehead atoms. The molecule has 11 heteroatoms. The number of anilines is 1. The molecule has 0 aliphatic carbocycles. The normalized spacial score (nSPS) is 14.2. The highest BCUT2D eigenvalue weighted by Gasteiger charge is 2.18. The Balaban J connectivity index is 1.19. The summed E-state index contributed by atoms with van der Waals surface area (Å²) >= 11 is 1.10. The Bertz CT molecular complexity index is 1850. The lowest BCUT2D eigenvalue weighted by Gasteiger charge is -2.21. The monoisotopic (exact) mass is 552 g/mol. The number of carbonyl (C=O) groups is 1. The van der Waals surface area contributed by atoms with Gasteiger partial charge in [-0.05, 0) is 68.2 Å². The van der Waals surface area contributed by atoms with Crippen molar-refractivity contribution in [3.05, 3.63) is 66.3 Å².